The van der Waals surface area contributed by atoms with Crippen LogP contribution >= 0.6 is 0 Å². The molecule has 4 amide bonds. The van der Waals surface area contributed by atoms with Gasteiger partial charge in [-0.3, -0.25) is 10.1 Å². The molecule has 0 fully saturated rings. The van der Waals surface area contributed by atoms with Gasteiger partial charge in [0.15, 0.2) is 0 Å². The van der Waals surface area contributed by atoms with Gasteiger partial charge in [0.05, 0.1) is 7.11 Å². The van der Waals surface area contributed by atoms with Gasteiger partial charge in [0.1, 0.15) is 0 Å². The molecule has 0 aliphatic heterocycles. The van der Waals surface area contributed by atoms with Crippen molar-refractivity contribution in [2.75, 3.05) is 7.11 Å². The average Bonchev–Trinajstić information content (AvgIpc) is 2.24. The minimum Gasteiger partial charge on any atom is -0.452 e. The van der Waals surface area contributed by atoms with E-state index in [1.807, 2.05) is 5.32 Å². The Bertz CT molecular complexity index is 286. The number of allylic oxidation sites excluding steroid dienone is 1. The minimum atomic E-state index is -0.852. The second kappa shape index (κ2) is 6.58. The van der Waals surface area contributed by atoms with Crippen molar-refractivity contribution in [1.29, 1.82) is 0 Å². The lowest BCUT2D eigenvalue weighted by atomic mass is 10.4. The predicted molar refractivity (Wildman–Crippen MR) is 52.9 cm³/mol. The molecule has 0 unspecified atom stereocenters. The summed E-state index contributed by atoms with van der Waals surface area (Å²) in [5, 5.41) is 2.03. The zero-order chi connectivity index (χ0) is 11.8. The number of imide groups is 2. The van der Waals surface area contributed by atoms with Crippen LogP contribution in [0.25, 0.3) is 0 Å². The third kappa shape index (κ3) is 4.26. The Balaban J connectivity index is 4.56. The van der Waals surface area contributed by atoms with Gasteiger partial charge in [-0.25, -0.2) is 14.5 Å². The van der Waals surface area contributed by atoms with Crippen molar-refractivity contribution in [2.24, 2.45) is 0 Å². The third-order valence-corrected chi connectivity index (χ3v) is 1.46. The van der Waals surface area contributed by atoms with E-state index in [0.29, 0.717) is 4.90 Å². The summed E-state index contributed by atoms with van der Waals surface area (Å²) in [6, 6.07) is -0.827. The van der Waals surface area contributed by atoms with Gasteiger partial charge in [0.2, 0.25) is 5.91 Å². The van der Waals surface area contributed by atoms with Crippen LogP contribution in [-0.2, 0) is 9.53 Å². The van der Waals surface area contributed by atoms with E-state index in [1.165, 1.54) is 12.3 Å². The monoisotopic (exact) mass is 214 g/mol. The maximum Gasteiger partial charge on any atom is 0.421 e. The van der Waals surface area contributed by atoms with Crippen LogP contribution in [0, 0.1) is 0 Å². The largest absolute Gasteiger partial charge is 0.452 e. The number of rotatable bonds is 2. The third-order valence-electron chi connectivity index (χ3n) is 1.46. The van der Waals surface area contributed by atoms with Crippen molar-refractivity contribution in [3.63, 3.8) is 0 Å². The zero-order valence-electron chi connectivity index (χ0n) is 8.94. The second-order valence-corrected chi connectivity index (χ2v) is 2.53. The van der Waals surface area contributed by atoms with Gasteiger partial charge in [-0.15, -0.1) is 0 Å². The summed E-state index contributed by atoms with van der Waals surface area (Å²) in [5.41, 5.74) is 0. The van der Waals surface area contributed by atoms with Gasteiger partial charge in [0.25, 0.3) is 0 Å². The van der Waals surface area contributed by atoms with Crippen molar-refractivity contribution in [1.82, 2.24) is 10.2 Å². The molecule has 6 nitrogen and oxygen atoms in total. The van der Waals surface area contributed by atoms with E-state index < -0.39 is 18.0 Å². The number of nitrogens with one attached hydrogen (secondary N) is 1. The molecule has 0 aliphatic carbocycles. The van der Waals surface area contributed by atoms with Crippen molar-refractivity contribution in [3.8, 4) is 0 Å². The molecule has 84 valence electrons. The minimum absolute atomic E-state index is 0.163. The fourth-order valence-electron chi connectivity index (χ4n) is 0.727. The first kappa shape index (κ1) is 13.2. The van der Waals surface area contributed by atoms with Gasteiger partial charge < -0.3 is 4.74 Å². The molecular weight excluding hydrogens is 200 g/mol. The summed E-state index contributed by atoms with van der Waals surface area (Å²) in [5.74, 6) is -0.460. The molecule has 0 bridgehead atoms. The number of carbonyl (C=O) groups is 3. The molecule has 0 aromatic heterocycles. The fraction of sp³-hybridized carbons (Fsp3) is 0.444. The topological polar surface area (TPSA) is 75.7 Å². The number of hydrogen-bond acceptors (Lipinski definition) is 4. The van der Waals surface area contributed by atoms with Gasteiger partial charge >= 0.3 is 12.1 Å². The maximum atomic E-state index is 11.3. The summed E-state index contributed by atoms with van der Waals surface area (Å²) >= 11 is 0. The molecule has 0 aliphatic rings. The van der Waals surface area contributed by atoms with Crippen molar-refractivity contribution in [2.45, 2.75) is 20.3 Å². The Kier molecular flexibility index (Phi) is 5.77. The molecule has 1 N–H and O–H groups in total. The summed E-state index contributed by atoms with van der Waals surface area (Å²) in [7, 11) is 1.15. The van der Waals surface area contributed by atoms with Crippen LogP contribution in [0.1, 0.15) is 20.3 Å². The molecule has 0 spiro atoms. The highest BCUT2D eigenvalue weighted by atomic mass is 16.5. The highest BCUT2D eigenvalue weighted by Gasteiger charge is 2.20. The quantitative estimate of drug-likeness (QED) is 0.750. The van der Waals surface area contributed by atoms with Crippen LogP contribution in [0.15, 0.2) is 12.3 Å². The van der Waals surface area contributed by atoms with Crippen LogP contribution in [-0.4, -0.2) is 30.0 Å². The number of methoxy groups -OCH3 is 1. The molecule has 0 aromatic rings. The molecule has 6 heteroatoms. The predicted octanol–water partition coefficient (Wildman–Crippen LogP) is 1.23. The summed E-state index contributed by atoms with van der Waals surface area (Å²) in [6.45, 7) is 3.23. The maximum absolute atomic E-state index is 11.3. The van der Waals surface area contributed by atoms with Crippen LogP contribution < -0.4 is 5.32 Å². The first-order valence-electron chi connectivity index (χ1n) is 4.40. The fourth-order valence-corrected chi connectivity index (χ4v) is 0.727. The number of ether oxygens (including phenoxy) is 1. The SMILES string of the molecule is CC=CN(C(=O)NC(=O)CC)C(=O)OC. The molecule has 15 heavy (non-hydrogen) atoms. The normalized spacial score (nSPS) is 9.80. The second-order valence-electron chi connectivity index (χ2n) is 2.53. The van der Waals surface area contributed by atoms with Crippen LogP contribution in [0.2, 0.25) is 0 Å². The van der Waals surface area contributed by atoms with E-state index in [9.17, 15) is 14.4 Å². The van der Waals surface area contributed by atoms with E-state index >= 15 is 0 Å². The highest BCUT2D eigenvalue weighted by molar-refractivity contribution is 6.01. The Morgan fingerprint density at radius 3 is 2.40 bits per heavy atom. The number of urea groups is 1. The van der Waals surface area contributed by atoms with Gasteiger partial charge in [-0.05, 0) is 6.92 Å². The van der Waals surface area contributed by atoms with Crippen LogP contribution in [0.4, 0.5) is 9.59 Å². The molecule has 0 atom stereocenters. The Hall–Kier alpha value is -1.85. The van der Waals surface area contributed by atoms with Gasteiger partial charge in [-0.1, -0.05) is 13.0 Å². The molecular formula is C9H14N2O4. The van der Waals surface area contributed by atoms with Crippen molar-refractivity contribution < 1.29 is 19.1 Å². The first-order chi connectivity index (χ1) is 7.06. The molecule has 0 aromatic carbocycles. The lowest BCUT2D eigenvalue weighted by molar-refractivity contribution is -0.119. The summed E-state index contributed by atoms with van der Waals surface area (Å²) < 4.78 is 4.36. The van der Waals surface area contributed by atoms with Gasteiger partial charge in [0, 0.05) is 12.6 Å². The zero-order valence-corrected chi connectivity index (χ0v) is 8.94. The van der Waals surface area contributed by atoms with E-state index in [0.717, 1.165) is 7.11 Å². The standard InChI is InChI=1S/C9H14N2O4/c1-4-6-11(9(14)15-3)8(13)10-7(12)5-2/h4,6H,5H2,1-3H3,(H,10,12,13). The molecule has 0 radical (unpaired) electrons. The number of amides is 4. The van der Waals surface area contributed by atoms with E-state index in [-0.39, 0.29) is 6.42 Å². The number of hydrogen-bond donors (Lipinski definition) is 1. The van der Waals surface area contributed by atoms with E-state index in [1.54, 1.807) is 13.8 Å². The summed E-state index contributed by atoms with van der Waals surface area (Å²) in [4.78, 5) is 34.0. The van der Waals surface area contributed by atoms with E-state index in [4.69, 9.17) is 0 Å². The lowest BCUT2D eigenvalue weighted by Crippen LogP contribution is -2.42. The van der Waals surface area contributed by atoms with Crippen molar-refractivity contribution in [3.05, 3.63) is 12.3 Å². The smallest absolute Gasteiger partial charge is 0.421 e. The van der Waals surface area contributed by atoms with Crippen molar-refractivity contribution >= 4 is 18.0 Å². The molecule has 0 rings (SSSR count). The lowest BCUT2D eigenvalue weighted by Gasteiger charge is -2.14. The molecule has 0 heterocycles. The Labute approximate surface area is 87.9 Å². The number of carbonyl (C=O) groups excluding carboxylic acids is 3. The Morgan fingerprint density at radius 2 is 2.00 bits per heavy atom. The highest BCUT2D eigenvalue weighted by Crippen LogP contribution is 1.96. The van der Waals surface area contributed by atoms with Crippen LogP contribution in [0.5, 0.6) is 0 Å². The average molecular weight is 214 g/mol. The summed E-state index contributed by atoms with van der Waals surface area (Å²) in [6.07, 6.45) is 2.00. The van der Waals surface area contributed by atoms with E-state index in [2.05, 4.69) is 4.74 Å². The number of nitrogens with zero attached hydrogens (tertiary/aromatic N) is 1. The Morgan fingerprint density at radius 1 is 1.40 bits per heavy atom. The molecule has 0 saturated carbocycles. The van der Waals surface area contributed by atoms with Crippen LogP contribution in [0.3, 0.4) is 0 Å². The first-order valence-corrected chi connectivity index (χ1v) is 4.40. The molecule has 0 saturated heterocycles. The van der Waals surface area contributed by atoms with Gasteiger partial charge in [-0.2, -0.15) is 0 Å².